The van der Waals surface area contributed by atoms with E-state index in [1.807, 2.05) is 7.05 Å². The van der Waals surface area contributed by atoms with Gasteiger partial charge in [0.25, 0.3) is 0 Å². The number of hydrogen-bond acceptors (Lipinski definition) is 8. The molecule has 3 amide bonds. The maximum absolute atomic E-state index is 12.2. The van der Waals surface area contributed by atoms with Gasteiger partial charge in [-0.2, -0.15) is 0 Å². The summed E-state index contributed by atoms with van der Waals surface area (Å²) in [5.41, 5.74) is 5.42. The molecule has 0 aliphatic rings. The molecule has 0 saturated carbocycles. The van der Waals surface area contributed by atoms with Gasteiger partial charge in [-0.15, -0.1) is 0 Å². The molecule has 0 bridgehead atoms. The lowest BCUT2D eigenvalue weighted by Gasteiger charge is -2.18. The molecule has 0 aromatic carbocycles. The normalized spacial score (nSPS) is 14.9. The summed E-state index contributed by atoms with van der Waals surface area (Å²) in [4.78, 5) is 46.2. The first kappa shape index (κ1) is 34.1. The van der Waals surface area contributed by atoms with Crippen LogP contribution in [0.15, 0.2) is 0 Å². The average molecular weight is 488 g/mol. The fourth-order valence-corrected chi connectivity index (χ4v) is 2.71. The molecular weight excluding hydrogens is 438 g/mol. The van der Waals surface area contributed by atoms with Gasteiger partial charge in [0.15, 0.2) is 0 Å². The van der Waals surface area contributed by atoms with Crippen LogP contribution in [-0.4, -0.2) is 89.0 Å². The number of likely N-dealkylation sites (N-methyl/N-ethyl adjacent to an activating group) is 2. The second kappa shape index (κ2) is 21.5. The summed E-state index contributed by atoms with van der Waals surface area (Å²) in [6, 6.07) is -0.746. The van der Waals surface area contributed by atoms with Crippen molar-refractivity contribution in [2.45, 2.75) is 77.5 Å². The number of amides is 3. The van der Waals surface area contributed by atoms with E-state index in [4.69, 9.17) is 5.73 Å². The van der Waals surface area contributed by atoms with Gasteiger partial charge in [-0.3, -0.25) is 14.4 Å². The van der Waals surface area contributed by atoms with E-state index < -0.39 is 12.1 Å². The zero-order chi connectivity index (χ0) is 26.5. The topological polar surface area (TPSA) is 166 Å². The molecule has 11 nitrogen and oxygen atoms in total. The highest BCUT2D eigenvalue weighted by Crippen LogP contribution is 2.01. The molecular formula is C23H49N7O4. The van der Waals surface area contributed by atoms with E-state index in [0.717, 1.165) is 0 Å². The van der Waals surface area contributed by atoms with Crippen molar-refractivity contribution in [3.63, 3.8) is 0 Å². The number of carbonyl (C=O) groups is 4. The van der Waals surface area contributed by atoms with Crippen LogP contribution < -0.4 is 37.6 Å². The Bertz CT molecular complexity index is 578. The summed E-state index contributed by atoms with van der Waals surface area (Å²) in [5, 5.41) is 17.1. The predicted octanol–water partition coefficient (Wildman–Crippen LogP) is -1.13. The largest absolute Gasteiger partial charge is 0.355 e. The number of nitrogens with two attached hydrogens (primary N) is 1. The minimum Gasteiger partial charge on any atom is -0.355 e. The number of carbonyl (C=O) groups excluding carboxylic acids is 4. The van der Waals surface area contributed by atoms with E-state index in [-0.39, 0.29) is 36.2 Å². The summed E-state index contributed by atoms with van der Waals surface area (Å²) in [7, 11) is 5.38. The van der Waals surface area contributed by atoms with Gasteiger partial charge in [0, 0.05) is 31.6 Å². The molecule has 0 aliphatic carbocycles. The van der Waals surface area contributed by atoms with Crippen molar-refractivity contribution in [3.8, 4) is 0 Å². The molecule has 0 aromatic heterocycles. The molecule has 0 fully saturated rings. The van der Waals surface area contributed by atoms with Crippen LogP contribution in [0.3, 0.4) is 0 Å². The van der Waals surface area contributed by atoms with Crippen LogP contribution in [0.1, 0.15) is 53.4 Å². The van der Waals surface area contributed by atoms with E-state index in [1.54, 1.807) is 27.9 Å². The van der Waals surface area contributed by atoms with E-state index in [9.17, 15) is 19.2 Å². The third kappa shape index (κ3) is 17.4. The minimum absolute atomic E-state index is 0.0960. The summed E-state index contributed by atoms with van der Waals surface area (Å²) >= 11 is 0. The Morgan fingerprint density at radius 3 is 1.85 bits per heavy atom. The lowest BCUT2D eigenvalue weighted by molar-refractivity contribution is -0.126. The number of aldehydes is 1. The highest BCUT2D eigenvalue weighted by molar-refractivity contribution is 5.83. The molecule has 5 unspecified atom stereocenters. The summed E-state index contributed by atoms with van der Waals surface area (Å²) in [6.07, 6.45) is 4.05. The maximum atomic E-state index is 12.2. The van der Waals surface area contributed by atoms with Gasteiger partial charge in [-0.25, -0.2) is 0 Å². The quantitative estimate of drug-likeness (QED) is 0.127. The number of hydrogen-bond donors (Lipinski definition) is 7. The Balaban J connectivity index is 0. The molecule has 11 heteroatoms. The Morgan fingerprint density at radius 2 is 1.38 bits per heavy atom. The first-order valence-corrected chi connectivity index (χ1v) is 12.1. The standard InChI is InChI=1S/C17H34N6O4.C6H15N/c1-11(15(25)23-9-13(18)10-24)5-7-22-17(27)14(20-4)6-8-21-16(26)12(2)19-3;1-4-5-6(2)7-3/h10-14,19-20H,5-9,18H2,1-4H3,(H,21,26)(H,22,27)(H,23,25);6-7H,4-5H2,1-3H3. The third-order valence-electron chi connectivity index (χ3n) is 5.45. The van der Waals surface area contributed by atoms with E-state index in [2.05, 4.69) is 45.7 Å². The molecule has 0 aromatic rings. The molecule has 200 valence electrons. The lowest BCUT2D eigenvalue weighted by atomic mass is 10.1. The van der Waals surface area contributed by atoms with Gasteiger partial charge in [0.05, 0.1) is 18.1 Å². The fraction of sp³-hybridized carbons (Fsp3) is 0.826. The third-order valence-corrected chi connectivity index (χ3v) is 5.45. The molecule has 5 atom stereocenters. The monoisotopic (exact) mass is 487 g/mol. The maximum Gasteiger partial charge on any atom is 0.237 e. The van der Waals surface area contributed by atoms with Crippen molar-refractivity contribution in [1.29, 1.82) is 0 Å². The Kier molecular flexibility index (Phi) is 21.5. The summed E-state index contributed by atoms with van der Waals surface area (Å²) in [6.45, 7) is 8.70. The van der Waals surface area contributed by atoms with E-state index in [0.29, 0.717) is 38.3 Å². The molecule has 0 spiro atoms. The zero-order valence-corrected chi connectivity index (χ0v) is 22.1. The van der Waals surface area contributed by atoms with Crippen LogP contribution in [0.25, 0.3) is 0 Å². The van der Waals surface area contributed by atoms with Crippen molar-refractivity contribution >= 4 is 24.0 Å². The second-order valence-electron chi connectivity index (χ2n) is 8.44. The van der Waals surface area contributed by atoms with Crippen LogP contribution in [0, 0.1) is 5.92 Å². The molecule has 0 heterocycles. The Labute approximate surface area is 205 Å². The first-order valence-electron chi connectivity index (χ1n) is 12.1. The van der Waals surface area contributed by atoms with Gasteiger partial charge < -0.3 is 42.4 Å². The highest BCUT2D eigenvalue weighted by Gasteiger charge is 2.18. The highest BCUT2D eigenvalue weighted by atomic mass is 16.2. The number of nitrogens with one attached hydrogen (secondary N) is 6. The average Bonchev–Trinajstić information content (AvgIpc) is 2.84. The Morgan fingerprint density at radius 1 is 0.794 bits per heavy atom. The molecule has 0 radical (unpaired) electrons. The first-order chi connectivity index (χ1) is 16.1. The fourth-order valence-electron chi connectivity index (χ4n) is 2.71. The van der Waals surface area contributed by atoms with Crippen LogP contribution in [0.2, 0.25) is 0 Å². The van der Waals surface area contributed by atoms with Gasteiger partial charge in [-0.1, -0.05) is 20.3 Å². The SMILES string of the molecule is CCCC(C)NC.CNC(C)C(=O)NCCC(NC)C(=O)NCCC(C)C(=O)NCC(N)C=O. The molecule has 0 rings (SSSR count). The van der Waals surface area contributed by atoms with Gasteiger partial charge >= 0.3 is 0 Å². The van der Waals surface area contributed by atoms with E-state index in [1.165, 1.54) is 12.8 Å². The van der Waals surface area contributed by atoms with Gasteiger partial charge in [-0.05, 0) is 54.3 Å². The minimum atomic E-state index is -0.714. The second-order valence-corrected chi connectivity index (χ2v) is 8.44. The van der Waals surface area contributed by atoms with Crippen LogP contribution in [0.5, 0.6) is 0 Å². The van der Waals surface area contributed by atoms with Crippen molar-refractivity contribution in [2.75, 3.05) is 40.8 Å². The zero-order valence-electron chi connectivity index (χ0n) is 22.1. The predicted molar refractivity (Wildman–Crippen MR) is 136 cm³/mol. The smallest absolute Gasteiger partial charge is 0.237 e. The lowest BCUT2D eigenvalue weighted by Crippen LogP contribution is -2.47. The Hall–Kier alpha value is -2.08. The van der Waals surface area contributed by atoms with Gasteiger partial charge in [0.1, 0.15) is 6.29 Å². The molecule has 0 aliphatic heterocycles. The van der Waals surface area contributed by atoms with Crippen molar-refractivity contribution in [1.82, 2.24) is 31.9 Å². The molecule has 8 N–H and O–H groups in total. The summed E-state index contributed by atoms with van der Waals surface area (Å²) in [5.74, 6) is -0.849. The summed E-state index contributed by atoms with van der Waals surface area (Å²) < 4.78 is 0. The molecule has 34 heavy (non-hydrogen) atoms. The van der Waals surface area contributed by atoms with Crippen molar-refractivity contribution in [3.05, 3.63) is 0 Å². The van der Waals surface area contributed by atoms with Gasteiger partial charge in [0.2, 0.25) is 17.7 Å². The van der Waals surface area contributed by atoms with Crippen molar-refractivity contribution in [2.24, 2.45) is 11.7 Å². The van der Waals surface area contributed by atoms with Crippen LogP contribution >= 0.6 is 0 Å². The van der Waals surface area contributed by atoms with E-state index >= 15 is 0 Å². The van der Waals surface area contributed by atoms with Crippen LogP contribution in [0.4, 0.5) is 0 Å². The van der Waals surface area contributed by atoms with Crippen LogP contribution in [-0.2, 0) is 19.2 Å². The molecule has 0 saturated heterocycles. The number of rotatable bonds is 17. The van der Waals surface area contributed by atoms with Crippen molar-refractivity contribution < 1.29 is 19.2 Å².